The zero-order chi connectivity index (χ0) is 10.6. The molecule has 76 valence electrons. The second-order valence-corrected chi connectivity index (χ2v) is 3.73. The van der Waals surface area contributed by atoms with Crippen molar-refractivity contribution >= 4 is 5.78 Å². The number of rotatable bonds is 4. The molecule has 3 heteroatoms. The van der Waals surface area contributed by atoms with Crippen LogP contribution in [0.1, 0.15) is 25.8 Å². The van der Waals surface area contributed by atoms with Gasteiger partial charge in [0.15, 0.2) is 5.78 Å². The summed E-state index contributed by atoms with van der Waals surface area (Å²) >= 11 is 0. The molecule has 1 unspecified atom stereocenters. The van der Waals surface area contributed by atoms with Gasteiger partial charge in [0.25, 0.3) is 0 Å². The van der Waals surface area contributed by atoms with Crippen LogP contribution in [0.5, 0.6) is 0 Å². The molecule has 0 amide bonds. The van der Waals surface area contributed by atoms with E-state index >= 15 is 0 Å². The largest absolute Gasteiger partial charge is 0.319 e. The Bertz CT molecular complexity index is 306. The quantitative estimate of drug-likeness (QED) is 0.782. The van der Waals surface area contributed by atoms with Crippen LogP contribution in [0.15, 0.2) is 24.5 Å². The molecule has 1 rings (SSSR count). The number of nitrogens with zero attached hydrogens (tertiary/aromatic N) is 1. The van der Waals surface area contributed by atoms with Crippen molar-refractivity contribution in [1.29, 1.82) is 0 Å². The Morgan fingerprint density at radius 2 is 2.36 bits per heavy atom. The van der Waals surface area contributed by atoms with Gasteiger partial charge in [-0.05, 0) is 25.0 Å². The van der Waals surface area contributed by atoms with Crippen LogP contribution < -0.4 is 5.73 Å². The van der Waals surface area contributed by atoms with Crippen LogP contribution in [-0.4, -0.2) is 16.3 Å². The van der Waals surface area contributed by atoms with Gasteiger partial charge >= 0.3 is 0 Å². The molecule has 0 saturated carbocycles. The van der Waals surface area contributed by atoms with Crippen LogP contribution in [0.4, 0.5) is 0 Å². The van der Waals surface area contributed by atoms with Gasteiger partial charge < -0.3 is 5.73 Å². The third-order valence-corrected chi connectivity index (χ3v) is 2.46. The van der Waals surface area contributed by atoms with E-state index in [0.717, 1.165) is 5.56 Å². The summed E-state index contributed by atoms with van der Waals surface area (Å²) in [6, 6.07) is 3.71. The molecule has 0 bridgehead atoms. The number of pyridine rings is 1. The fourth-order valence-electron chi connectivity index (χ4n) is 1.09. The summed E-state index contributed by atoms with van der Waals surface area (Å²) in [5, 5.41) is 0. The molecular weight excluding hydrogens is 176 g/mol. The number of carbonyl (C=O) groups excluding carboxylic acids is 1. The van der Waals surface area contributed by atoms with Crippen LogP contribution in [0, 0.1) is 0 Å². The number of ketones is 1. The molecule has 14 heavy (non-hydrogen) atoms. The SMILES string of the molecule is CCC(C)(N)C(=O)Cc1cccnc1. The zero-order valence-corrected chi connectivity index (χ0v) is 8.66. The summed E-state index contributed by atoms with van der Waals surface area (Å²) in [7, 11) is 0. The molecule has 0 spiro atoms. The van der Waals surface area contributed by atoms with E-state index in [2.05, 4.69) is 4.98 Å². The van der Waals surface area contributed by atoms with Crippen molar-refractivity contribution in [2.75, 3.05) is 0 Å². The minimum Gasteiger partial charge on any atom is -0.319 e. The number of hydrogen-bond donors (Lipinski definition) is 1. The van der Waals surface area contributed by atoms with Crippen LogP contribution in [0.3, 0.4) is 0 Å². The second kappa shape index (κ2) is 4.33. The maximum absolute atomic E-state index is 11.7. The summed E-state index contributed by atoms with van der Waals surface area (Å²) in [5.41, 5.74) is 6.04. The standard InChI is InChI=1S/C11H16N2O/c1-3-11(2,12)10(14)7-9-5-4-6-13-8-9/h4-6,8H,3,7,12H2,1-2H3. The van der Waals surface area contributed by atoms with Crippen molar-refractivity contribution in [3.05, 3.63) is 30.1 Å². The minimum atomic E-state index is -0.712. The highest BCUT2D eigenvalue weighted by atomic mass is 16.1. The molecule has 0 fully saturated rings. The monoisotopic (exact) mass is 192 g/mol. The maximum Gasteiger partial charge on any atom is 0.156 e. The van der Waals surface area contributed by atoms with Crippen molar-refractivity contribution in [2.45, 2.75) is 32.2 Å². The van der Waals surface area contributed by atoms with Crippen LogP contribution >= 0.6 is 0 Å². The van der Waals surface area contributed by atoms with E-state index in [4.69, 9.17) is 5.73 Å². The molecule has 0 aliphatic rings. The molecule has 1 atom stereocenters. The zero-order valence-electron chi connectivity index (χ0n) is 8.66. The Morgan fingerprint density at radius 3 is 2.86 bits per heavy atom. The van der Waals surface area contributed by atoms with Crippen molar-refractivity contribution in [3.8, 4) is 0 Å². The van der Waals surface area contributed by atoms with Crippen molar-refractivity contribution in [3.63, 3.8) is 0 Å². The van der Waals surface area contributed by atoms with Gasteiger partial charge in [0.2, 0.25) is 0 Å². The lowest BCUT2D eigenvalue weighted by molar-refractivity contribution is -0.123. The average molecular weight is 192 g/mol. The Kier molecular flexibility index (Phi) is 3.36. The number of aromatic nitrogens is 1. The second-order valence-electron chi connectivity index (χ2n) is 3.73. The highest BCUT2D eigenvalue weighted by Crippen LogP contribution is 2.10. The van der Waals surface area contributed by atoms with E-state index in [9.17, 15) is 4.79 Å². The number of Topliss-reactive ketones (excluding diaryl/α,β-unsaturated/α-hetero) is 1. The fourth-order valence-corrected chi connectivity index (χ4v) is 1.09. The number of carbonyl (C=O) groups is 1. The van der Waals surface area contributed by atoms with Crippen molar-refractivity contribution in [2.24, 2.45) is 5.73 Å². The van der Waals surface area contributed by atoms with Crippen LogP contribution in [0.25, 0.3) is 0 Å². The van der Waals surface area contributed by atoms with Gasteiger partial charge in [-0.3, -0.25) is 9.78 Å². The third kappa shape index (κ3) is 2.64. The van der Waals surface area contributed by atoms with Gasteiger partial charge in [-0.15, -0.1) is 0 Å². The average Bonchev–Trinajstić information content (AvgIpc) is 2.19. The lowest BCUT2D eigenvalue weighted by Gasteiger charge is -2.20. The highest BCUT2D eigenvalue weighted by Gasteiger charge is 2.25. The summed E-state index contributed by atoms with van der Waals surface area (Å²) in [6.45, 7) is 3.69. The van der Waals surface area contributed by atoms with Crippen molar-refractivity contribution < 1.29 is 4.79 Å². The van der Waals surface area contributed by atoms with Gasteiger partial charge in [0.1, 0.15) is 0 Å². The first-order valence-corrected chi connectivity index (χ1v) is 4.77. The predicted molar refractivity (Wildman–Crippen MR) is 55.8 cm³/mol. The van der Waals surface area contributed by atoms with E-state index in [1.165, 1.54) is 0 Å². The summed E-state index contributed by atoms with van der Waals surface area (Å²) < 4.78 is 0. The van der Waals surface area contributed by atoms with E-state index in [1.807, 2.05) is 19.1 Å². The van der Waals surface area contributed by atoms with Gasteiger partial charge in [-0.2, -0.15) is 0 Å². The molecule has 0 saturated heterocycles. The first-order chi connectivity index (χ1) is 6.56. The number of nitrogens with two attached hydrogens (primary N) is 1. The Morgan fingerprint density at radius 1 is 1.64 bits per heavy atom. The molecule has 1 aromatic rings. The molecule has 0 radical (unpaired) electrons. The lowest BCUT2D eigenvalue weighted by Crippen LogP contribution is -2.45. The molecular formula is C11H16N2O. The molecule has 1 heterocycles. The minimum absolute atomic E-state index is 0.0630. The summed E-state index contributed by atoms with van der Waals surface area (Å²) in [5.74, 6) is 0.0630. The lowest BCUT2D eigenvalue weighted by atomic mass is 9.91. The third-order valence-electron chi connectivity index (χ3n) is 2.46. The number of hydrogen-bond acceptors (Lipinski definition) is 3. The highest BCUT2D eigenvalue weighted by molar-refractivity contribution is 5.89. The Balaban J connectivity index is 2.67. The van der Waals surface area contributed by atoms with E-state index in [0.29, 0.717) is 12.8 Å². The molecule has 0 aliphatic heterocycles. The van der Waals surface area contributed by atoms with Gasteiger partial charge in [-0.1, -0.05) is 13.0 Å². The fraction of sp³-hybridized carbons (Fsp3) is 0.455. The van der Waals surface area contributed by atoms with Gasteiger partial charge in [0.05, 0.1) is 5.54 Å². The predicted octanol–water partition coefficient (Wildman–Crippen LogP) is 1.32. The Hall–Kier alpha value is -1.22. The summed E-state index contributed by atoms with van der Waals surface area (Å²) in [4.78, 5) is 15.7. The van der Waals surface area contributed by atoms with E-state index in [-0.39, 0.29) is 5.78 Å². The van der Waals surface area contributed by atoms with Crippen LogP contribution in [0.2, 0.25) is 0 Å². The molecule has 0 aliphatic carbocycles. The van der Waals surface area contributed by atoms with E-state index < -0.39 is 5.54 Å². The molecule has 1 aromatic heterocycles. The van der Waals surface area contributed by atoms with Gasteiger partial charge in [-0.25, -0.2) is 0 Å². The smallest absolute Gasteiger partial charge is 0.156 e. The Labute approximate surface area is 84.3 Å². The topological polar surface area (TPSA) is 56.0 Å². The summed E-state index contributed by atoms with van der Waals surface area (Å²) in [6.07, 6.45) is 4.42. The van der Waals surface area contributed by atoms with Crippen LogP contribution in [-0.2, 0) is 11.2 Å². The first kappa shape index (κ1) is 10.9. The molecule has 3 nitrogen and oxygen atoms in total. The normalized spacial score (nSPS) is 14.8. The van der Waals surface area contributed by atoms with Gasteiger partial charge in [0, 0.05) is 18.8 Å². The van der Waals surface area contributed by atoms with Crippen molar-refractivity contribution in [1.82, 2.24) is 4.98 Å². The van der Waals surface area contributed by atoms with E-state index in [1.54, 1.807) is 19.3 Å². The first-order valence-electron chi connectivity index (χ1n) is 4.77. The molecule has 0 aromatic carbocycles. The molecule has 2 N–H and O–H groups in total. The maximum atomic E-state index is 11.7.